The standard InChI is InChI=1S/C13H26O6Si2/c1-5-9-13(20)10(11(14)19-12(13)15)21(16-6-2,17-7-3)18-8-4/h10H,5-9H2,1-4,20H3. The van der Waals surface area contributed by atoms with Crippen LogP contribution in [0.15, 0.2) is 0 Å². The minimum absolute atomic E-state index is 0.369. The molecule has 0 aliphatic carbocycles. The molecule has 1 aliphatic rings. The fraction of sp³-hybridized carbons (Fsp3) is 0.846. The van der Waals surface area contributed by atoms with Crippen LogP contribution in [0.2, 0.25) is 10.6 Å². The summed E-state index contributed by atoms with van der Waals surface area (Å²) in [7, 11) is -2.80. The Bertz CT molecular complexity index is 372. The highest BCUT2D eigenvalue weighted by molar-refractivity contribution is 6.69. The van der Waals surface area contributed by atoms with Crippen molar-refractivity contribution in [1.29, 1.82) is 0 Å². The molecule has 122 valence electrons. The van der Waals surface area contributed by atoms with E-state index in [1.54, 1.807) is 0 Å². The monoisotopic (exact) mass is 334 g/mol. The van der Waals surface area contributed by atoms with Crippen molar-refractivity contribution in [3.8, 4) is 0 Å². The normalized spacial score (nSPS) is 26.4. The third-order valence-electron chi connectivity index (χ3n) is 3.69. The maximum atomic E-state index is 12.3. The van der Waals surface area contributed by atoms with Crippen LogP contribution < -0.4 is 0 Å². The molecule has 0 amide bonds. The van der Waals surface area contributed by atoms with Gasteiger partial charge in [0.15, 0.2) is 0 Å². The highest BCUT2D eigenvalue weighted by Gasteiger charge is 2.68. The fourth-order valence-corrected chi connectivity index (χ4v) is 8.17. The topological polar surface area (TPSA) is 71.1 Å². The number of rotatable bonds is 9. The van der Waals surface area contributed by atoms with E-state index in [-0.39, 0.29) is 0 Å². The van der Waals surface area contributed by atoms with Gasteiger partial charge in [0.1, 0.15) is 5.54 Å². The first kappa shape index (κ1) is 18.5. The lowest BCUT2D eigenvalue weighted by molar-refractivity contribution is -0.153. The third kappa shape index (κ3) is 3.45. The van der Waals surface area contributed by atoms with Gasteiger partial charge in [-0.25, -0.2) is 0 Å². The van der Waals surface area contributed by atoms with Crippen molar-refractivity contribution in [2.75, 3.05) is 19.8 Å². The fourth-order valence-electron chi connectivity index (χ4n) is 2.92. The second-order valence-electron chi connectivity index (χ2n) is 5.21. The molecule has 1 saturated heterocycles. The van der Waals surface area contributed by atoms with Crippen molar-refractivity contribution in [1.82, 2.24) is 0 Å². The van der Waals surface area contributed by atoms with Gasteiger partial charge in [-0.05, 0) is 27.2 Å². The van der Waals surface area contributed by atoms with E-state index in [1.807, 2.05) is 27.7 Å². The van der Waals surface area contributed by atoms with Gasteiger partial charge < -0.3 is 18.0 Å². The van der Waals surface area contributed by atoms with Gasteiger partial charge in [0.05, 0.1) is 5.04 Å². The molecule has 0 spiro atoms. The summed E-state index contributed by atoms with van der Waals surface area (Å²) in [5.74, 6) is -0.993. The number of carbonyl (C=O) groups excluding carboxylic acids is 2. The number of hydrogen-bond acceptors (Lipinski definition) is 6. The van der Waals surface area contributed by atoms with Gasteiger partial charge in [-0.15, -0.1) is 0 Å². The lowest BCUT2D eigenvalue weighted by Crippen LogP contribution is -2.55. The van der Waals surface area contributed by atoms with E-state index < -0.39 is 31.3 Å². The molecule has 0 N–H and O–H groups in total. The summed E-state index contributed by atoms with van der Waals surface area (Å²) >= 11 is 0. The molecular weight excluding hydrogens is 308 g/mol. The van der Waals surface area contributed by atoms with E-state index in [0.717, 1.165) is 6.42 Å². The lowest BCUT2D eigenvalue weighted by Gasteiger charge is -2.37. The molecule has 0 aromatic rings. The van der Waals surface area contributed by atoms with Crippen molar-refractivity contribution >= 4 is 31.0 Å². The Balaban J connectivity index is 3.29. The quantitative estimate of drug-likeness (QED) is 0.353. The minimum Gasteiger partial charge on any atom is -0.393 e. The van der Waals surface area contributed by atoms with Crippen molar-refractivity contribution in [3.63, 3.8) is 0 Å². The van der Waals surface area contributed by atoms with Crippen LogP contribution in [0, 0.1) is 0 Å². The molecule has 6 nitrogen and oxygen atoms in total. The second kappa shape index (κ2) is 7.64. The Morgan fingerprint density at radius 2 is 1.57 bits per heavy atom. The highest BCUT2D eigenvalue weighted by atomic mass is 28.4. The first-order valence-corrected chi connectivity index (χ1v) is 10.4. The van der Waals surface area contributed by atoms with Gasteiger partial charge in [0, 0.05) is 30.1 Å². The zero-order valence-electron chi connectivity index (χ0n) is 13.6. The van der Waals surface area contributed by atoms with Gasteiger partial charge in [-0.3, -0.25) is 9.59 Å². The Morgan fingerprint density at radius 1 is 1.10 bits per heavy atom. The van der Waals surface area contributed by atoms with E-state index in [4.69, 9.17) is 18.0 Å². The molecule has 2 atom stereocenters. The number of ether oxygens (including phenoxy) is 1. The zero-order chi connectivity index (χ0) is 16.1. The predicted octanol–water partition coefficient (Wildman–Crippen LogP) is 0.813. The molecule has 1 rings (SSSR count). The summed E-state index contributed by atoms with van der Waals surface area (Å²) in [5.41, 5.74) is -0.732. The lowest BCUT2D eigenvalue weighted by atomic mass is 10.00. The van der Waals surface area contributed by atoms with Gasteiger partial charge in [0.2, 0.25) is 0 Å². The molecule has 1 fully saturated rings. The van der Waals surface area contributed by atoms with Crippen LogP contribution in [-0.2, 0) is 27.6 Å². The molecule has 0 aromatic carbocycles. The highest BCUT2D eigenvalue weighted by Crippen LogP contribution is 2.54. The Hall–Kier alpha value is -0.546. The summed E-state index contributed by atoms with van der Waals surface area (Å²) < 4.78 is 22.4. The Labute approximate surface area is 130 Å². The summed E-state index contributed by atoms with van der Waals surface area (Å²) in [6.07, 6.45) is 1.38. The number of esters is 2. The zero-order valence-corrected chi connectivity index (χ0v) is 16.6. The van der Waals surface area contributed by atoms with Crippen LogP contribution in [0.4, 0.5) is 0 Å². The molecule has 0 radical (unpaired) electrons. The van der Waals surface area contributed by atoms with Crippen molar-refractivity contribution < 1.29 is 27.6 Å². The number of cyclic esters (lactones) is 2. The molecule has 1 aliphatic heterocycles. The minimum atomic E-state index is -3.30. The molecule has 2 unspecified atom stereocenters. The van der Waals surface area contributed by atoms with Gasteiger partial charge in [-0.2, -0.15) is 0 Å². The predicted molar refractivity (Wildman–Crippen MR) is 83.0 cm³/mol. The van der Waals surface area contributed by atoms with Crippen molar-refractivity contribution in [2.24, 2.45) is 0 Å². The summed E-state index contributed by atoms with van der Waals surface area (Å²) in [6, 6.07) is 0. The molecular formula is C13H26O6Si2. The molecule has 21 heavy (non-hydrogen) atoms. The first-order valence-electron chi connectivity index (χ1n) is 7.59. The van der Waals surface area contributed by atoms with Gasteiger partial charge in [-0.1, -0.05) is 13.3 Å². The molecule has 0 saturated carbocycles. The molecule has 0 aromatic heterocycles. The Morgan fingerprint density at radius 3 is 1.95 bits per heavy atom. The van der Waals surface area contributed by atoms with E-state index >= 15 is 0 Å². The van der Waals surface area contributed by atoms with E-state index in [9.17, 15) is 9.59 Å². The van der Waals surface area contributed by atoms with E-state index in [1.165, 1.54) is 0 Å². The van der Waals surface area contributed by atoms with Crippen LogP contribution in [-0.4, -0.2) is 50.8 Å². The Kier molecular flexibility index (Phi) is 6.73. The number of carbonyl (C=O) groups is 2. The number of hydrogen-bond donors (Lipinski definition) is 0. The van der Waals surface area contributed by atoms with E-state index in [2.05, 4.69) is 0 Å². The summed E-state index contributed by atoms with van der Waals surface area (Å²) in [4.78, 5) is 24.5. The summed E-state index contributed by atoms with van der Waals surface area (Å²) in [5, 5.41) is -0.808. The smallest absolute Gasteiger partial charge is 0.393 e. The average molecular weight is 335 g/mol. The van der Waals surface area contributed by atoms with Crippen LogP contribution in [0.25, 0.3) is 0 Å². The summed E-state index contributed by atoms with van der Waals surface area (Å²) in [6.45, 7) is 8.58. The van der Waals surface area contributed by atoms with Crippen LogP contribution in [0.1, 0.15) is 40.5 Å². The first-order chi connectivity index (χ1) is 9.91. The molecule has 1 heterocycles. The maximum Gasteiger partial charge on any atom is 0.516 e. The van der Waals surface area contributed by atoms with Gasteiger partial charge >= 0.3 is 20.7 Å². The van der Waals surface area contributed by atoms with Crippen molar-refractivity contribution in [3.05, 3.63) is 0 Å². The molecule has 0 bridgehead atoms. The maximum absolute atomic E-state index is 12.3. The second-order valence-corrected chi connectivity index (χ2v) is 9.65. The van der Waals surface area contributed by atoms with Crippen LogP contribution >= 0.6 is 0 Å². The largest absolute Gasteiger partial charge is 0.516 e. The SMILES string of the molecule is CCCC1([SiH3])C(=O)OC(=O)C1[Si](OCC)(OCC)OCC. The third-order valence-corrected chi connectivity index (χ3v) is 9.41. The van der Waals surface area contributed by atoms with E-state index in [0.29, 0.717) is 36.5 Å². The molecule has 8 heteroatoms. The van der Waals surface area contributed by atoms with Crippen molar-refractivity contribution in [2.45, 2.75) is 51.1 Å². The van der Waals surface area contributed by atoms with Crippen LogP contribution in [0.3, 0.4) is 0 Å². The average Bonchev–Trinajstić information content (AvgIpc) is 2.61. The van der Waals surface area contributed by atoms with Crippen LogP contribution in [0.5, 0.6) is 0 Å². The van der Waals surface area contributed by atoms with Gasteiger partial charge in [0.25, 0.3) is 0 Å².